The number of hydrogen-bond acceptors (Lipinski definition) is 11. The Labute approximate surface area is 319 Å². The van der Waals surface area contributed by atoms with Crippen molar-refractivity contribution in [1.82, 2.24) is 0 Å². The van der Waals surface area contributed by atoms with Gasteiger partial charge >= 0.3 is 17.9 Å². The van der Waals surface area contributed by atoms with E-state index in [9.17, 15) is 29.7 Å². The van der Waals surface area contributed by atoms with Crippen LogP contribution in [0.2, 0.25) is 0 Å². The highest BCUT2D eigenvalue weighted by molar-refractivity contribution is 5.90. The van der Waals surface area contributed by atoms with Gasteiger partial charge in [-0.05, 0) is 63.8 Å². The smallest absolute Gasteiger partial charge is 0.373 e. The maximum absolute atomic E-state index is 13.7. The van der Waals surface area contributed by atoms with Gasteiger partial charge in [-0.25, -0.2) is 14.4 Å². The highest BCUT2D eigenvalue weighted by atomic mass is 16.6. The molecule has 0 bridgehead atoms. The molecule has 0 radical (unpaired) electrons. The van der Waals surface area contributed by atoms with E-state index in [2.05, 4.69) is 0 Å². The molecule has 10 unspecified atom stereocenters. The first-order valence-electron chi connectivity index (χ1n) is 18.2. The second kappa shape index (κ2) is 21.0. The van der Waals surface area contributed by atoms with Crippen LogP contribution in [0.4, 0.5) is 0 Å². The van der Waals surface area contributed by atoms with Crippen molar-refractivity contribution in [3.05, 3.63) is 94.6 Å². The van der Waals surface area contributed by atoms with Crippen LogP contribution in [-0.2, 0) is 38.1 Å². The van der Waals surface area contributed by atoms with Crippen molar-refractivity contribution < 1.29 is 58.5 Å². The third kappa shape index (κ3) is 12.7. The molecule has 2 heterocycles. The lowest BCUT2D eigenvalue weighted by Crippen LogP contribution is -2.59. The Morgan fingerprint density at radius 1 is 1.09 bits per heavy atom. The van der Waals surface area contributed by atoms with Crippen molar-refractivity contribution in [3.8, 4) is 0 Å². The summed E-state index contributed by atoms with van der Waals surface area (Å²) in [5.74, 6) is -7.59. The normalized spacial score (nSPS) is 34.7. The quantitative estimate of drug-likeness (QED) is 0.101. The number of aliphatic hydroxyl groups is 3. The van der Waals surface area contributed by atoms with Crippen LogP contribution in [0.5, 0.6) is 0 Å². The molecule has 0 aromatic carbocycles. The molecule has 300 valence electrons. The van der Waals surface area contributed by atoms with Crippen LogP contribution in [-0.4, -0.2) is 88.9 Å². The van der Waals surface area contributed by atoms with Crippen LogP contribution in [0.1, 0.15) is 75.2 Å². The van der Waals surface area contributed by atoms with Gasteiger partial charge in [0.05, 0.1) is 25.1 Å². The van der Waals surface area contributed by atoms with Crippen molar-refractivity contribution in [3.63, 3.8) is 0 Å². The predicted molar refractivity (Wildman–Crippen MR) is 205 cm³/mol. The number of carboxylic acids is 1. The number of ether oxygens (including phenoxy) is 5. The lowest BCUT2D eigenvalue weighted by Gasteiger charge is -2.49. The van der Waals surface area contributed by atoms with Crippen LogP contribution >= 0.6 is 0 Å². The van der Waals surface area contributed by atoms with E-state index < -0.39 is 72.0 Å². The fourth-order valence-electron chi connectivity index (χ4n) is 6.79. The Bertz CT molecular complexity index is 1580. The number of allylic oxidation sites excluding steroid dienone is 11. The first kappa shape index (κ1) is 45.9. The van der Waals surface area contributed by atoms with Crippen molar-refractivity contribution in [1.29, 1.82) is 0 Å². The van der Waals surface area contributed by atoms with E-state index in [-0.39, 0.29) is 23.9 Å². The monoisotopic (exact) mass is 756 g/mol. The van der Waals surface area contributed by atoms with E-state index in [1.807, 2.05) is 45.9 Å². The van der Waals surface area contributed by atoms with E-state index in [1.54, 1.807) is 58.9 Å². The molecule has 4 N–H and O–H groups in total. The van der Waals surface area contributed by atoms with Crippen LogP contribution in [0.3, 0.4) is 0 Å². The highest BCUT2D eigenvalue weighted by Gasteiger charge is 2.52. The molecule has 54 heavy (non-hydrogen) atoms. The number of carbonyl (C=O) groups excluding carboxylic acids is 2. The number of aliphatic carboxylic acids is 1. The molecule has 2 rings (SSSR count). The van der Waals surface area contributed by atoms with Crippen LogP contribution in [0.25, 0.3) is 0 Å². The van der Waals surface area contributed by atoms with Gasteiger partial charge in [0.15, 0.2) is 5.79 Å². The van der Waals surface area contributed by atoms with Gasteiger partial charge in [-0.3, -0.25) is 0 Å². The number of hydrogen-bond donors (Lipinski definition) is 4. The molecule has 2 aliphatic heterocycles. The Hall–Kier alpha value is -4.23. The van der Waals surface area contributed by atoms with E-state index in [1.165, 1.54) is 20.3 Å². The molecular formula is C42H60O12. The van der Waals surface area contributed by atoms with Crippen LogP contribution in [0, 0.1) is 23.7 Å². The van der Waals surface area contributed by atoms with Gasteiger partial charge in [-0.15, -0.1) is 0 Å². The number of rotatable bonds is 11. The van der Waals surface area contributed by atoms with Gasteiger partial charge in [-0.2, -0.15) is 0 Å². The lowest BCUT2D eigenvalue weighted by molar-refractivity contribution is -0.316. The first-order valence-corrected chi connectivity index (χ1v) is 18.2. The Balaban J connectivity index is 2.63. The van der Waals surface area contributed by atoms with Crippen molar-refractivity contribution >= 4 is 17.9 Å². The van der Waals surface area contributed by atoms with Gasteiger partial charge in [0.1, 0.15) is 18.3 Å². The molecule has 0 spiro atoms. The molecule has 1 fully saturated rings. The number of aliphatic hydroxyl groups excluding tert-OH is 2. The number of carbonyl (C=O) groups is 3. The summed E-state index contributed by atoms with van der Waals surface area (Å²) >= 11 is 0. The summed E-state index contributed by atoms with van der Waals surface area (Å²) in [4.78, 5) is 37.4. The zero-order valence-corrected chi connectivity index (χ0v) is 33.4. The van der Waals surface area contributed by atoms with Crippen LogP contribution < -0.4 is 0 Å². The molecule has 1 saturated heterocycles. The number of carboxylic acid groups (broad SMARTS) is 1. The fourth-order valence-corrected chi connectivity index (χ4v) is 6.79. The minimum atomic E-state index is -2.06. The lowest BCUT2D eigenvalue weighted by atomic mass is 9.76. The summed E-state index contributed by atoms with van der Waals surface area (Å²) in [5, 5.41) is 44.1. The van der Waals surface area contributed by atoms with Gasteiger partial charge < -0.3 is 44.1 Å². The van der Waals surface area contributed by atoms with Gasteiger partial charge in [0.25, 0.3) is 0 Å². The van der Waals surface area contributed by atoms with Gasteiger partial charge in [0, 0.05) is 49.4 Å². The second-order valence-electron chi connectivity index (χ2n) is 14.4. The van der Waals surface area contributed by atoms with E-state index in [0.29, 0.717) is 29.2 Å². The van der Waals surface area contributed by atoms with Crippen molar-refractivity contribution in [2.45, 2.75) is 111 Å². The maximum atomic E-state index is 13.7. The summed E-state index contributed by atoms with van der Waals surface area (Å²) in [6.07, 6.45) is 10.7. The molecular weight excluding hydrogens is 696 g/mol. The highest BCUT2D eigenvalue weighted by Crippen LogP contribution is 2.42. The fraction of sp³-hybridized carbons (Fsp3) is 0.548. The number of esters is 2. The molecule has 10 atom stereocenters. The summed E-state index contributed by atoms with van der Waals surface area (Å²) < 4.78 is 29.3. The summed E-state index contributed by atoms with van der Waals surface area (Å²) in [7, 11) is 2.78. The minimum absolute atomic E-state index is 0.124. The maximum Gasteiger partial charge on any atom is 0.373 e. The molecule has 0 saturated carbocycles. The summed E-state index contributed by atoms with van der Waals surface area (Å²) in [6, 6.07) is 0. The third-order valence-electron chi connectivity index (χ3n) is 10.0. The number of cyclic esters (lactones) is 1. The third-order valence-corrected chi connectivity index (χ3v) is 10.0. The molecule has 2 aliphatic rings. The topological polar surface area (TPSA) is 178 Å². The predicted octanol–water partition coefficient (Wildman–Crippen LogP) is 6.59. The molecule has 0 amide bonds. The van der Waals surface area contributed by atoms with Gasteiger partial charge in [-0.1, -0.05) is 75.8 Å². The minimum Gasteiger partial charge on any atom is -0.512 e. The van der Waals surface area contributed by atoms with E-state index in [4.69, 9.17) is 28.8 Å². The van der Waals surface area contributed by atoms with Gasteiger partial charge in [0.2, 0.25) is 5.76 Å². The SMILES string of the molecule is C/C=C/C=C(\C)C1OC(O)(C(C)C(O)C(C)C2OC(=O)/C(OC)=C/C(C)=C\C(C)=C(/O)C(C)C/C(C)=C/C=C/C2OC)CC(OC(=O)/C=C/C(=O)O)C1C. The Morgan fingerprint density at radius 2 is 1.76 bits per heavy atom. The largest absolute Gasteiger partial charge is 0.512 e. The molecule has 12 nitrogen and oxygen atoms in total. The Kier molecular flexibility index (Phi) is 17.9. The molecule has 0 aliphatic carbocycles. The molecule has 0 aromatic heterocycles. The molecule has 12 heteroatoms. The van der Waals surface area contributed by atoms with Crippen LogP contribution in [0.15, 0.2) is 94.6 Å². The van der Waals surface area contributed by atoms with Crippen molar-refractivity contribution in [2.75, 3.05) is 14.2 Å². The standard InChI is InChI=1S/C42H60O12/c1-12-13-16-26(4)39-29(7)34(52-36(45)19-18-35(43)44)23-42(49,54-39)31(9)38(47)30(8)40-32(50-10)17-14-15-24(2)20-27(5)37(46)28(6)21-25(3)22-33(51-11)41(48)53-40/h12-19,21-22,27,29-32,34,38-40,46-47,49H,20,23H2,1-11H3,(H,43,44)/b13-12+,17-14+,19-18+,24-15+,25-21-,26-16+,33-22-,37-28-. The number of methoxy groups -OCH3 is 2. The Morgan fingerprint density at radius 3 is 2.35 bits per heavy atom. The molecule has 0 aromatic rings. The zero-order chi connectivity index (χ0) is 40.9. The average molecular weight is 757 g/mol. The van der Waals surface area contributed by atoms with E-state index >= 15 is 0 Å². The van der Waals surface area contributed by atoms with E-state index in [0.717, 1.165) is 11.6 Å². The second-order valence-corrected chi connectivity index (χ2v) is 14.4. The summed E-state index contributed by atoms with van der Waals surface area (Å²) in [6.45, 7) is 16.1. The first-order chi connectivity index (χ1) is 25.3. The van der Waals surface area contributed by atoms with Crippen molar-refractivity contribution in [2.24, 2.45) is 23.7 Å². The average Bonchev–Trinajstić information content (AvgIpc) is 3.12. The zero-order valence-electron chi connectivity index (χ0n) is 33.4. The summed E-state index contributed by atoms with van der Waals surface area (Å²) in [5.41, 5.74) is 2.95.